The molecule has 0 bridgehead atoms. The first-order chi connectivity index (χ1) is 10.0. The maximum absolute atomic E-state index is 12.5. The molecule has 2 aromatic rings. The lowest BCUT2D eigenvalue weighted by molar-refractivity contribution is -0.0494. The lowest BCUT2D eigenvalue weighted by Gasteiger charge is -2.09. The average molecular weight is 355 g/mol. The molecule has 1 aromatic heterocycles. The Morgan fingerprint density at radius 3 is 2.81 bits per heavy atom. The Balaban J connectivity index is 2.55. The van der Waals surface area contributed by atoms with Crippen molar-refractivity contribution < 1.29 is 13.5 Å². The molecule has 1 aromatic carbocycles. The fourth-order valence-corrected chi connectivity index (χ4v) is 2.11. The number of aromatic nitrogens is 2. The maximum atomic E-state index is 12.5. The highest BCUT2D eigenvalue weighted by molar-refractivity contribution is 9.12. The summed E-state index contributed by atoms with van der Waals surface area (Å²) in [6.07, 6.45) is 3.46. The molecule has 0 radical (unpaired) electrons. The Bertz CT molecular complexity index is 680. The van der Waals surface area contributed by atoms with E-state index in [2.05, 4.69) is 37.4 Å². The van der Waals surface area contributed by atoms with E-state index in [0.717, 1.165) is 15.7 Å². The number of para-hydroxylation sites is 1. The Hall–Kier alpha value is -1.95. The summed E-state index contributed by atoms with van der Waals surface area (Å²) in [6, 6.07) is 6.55. The smallest absolute Gasteiger partial charge is 0.387 e. The van der Waals surface area contributed by atoms with Gasteiger partial charge in [0.25, 0.3) is 0 Å². The molecule has 0 aliphatic heterocycles. The summed E-state index contributed by atoms with van der Waals surface area (Å²) in [5.74, 6) is 0.0865. The molecule has 0 saturated heterocycles. The van der Waals surface area contributed by atoms with Gasteiger partial charge in [-0.05, 0) is 25.1 Å². The van der Waals surface area contributed by atoms with Gasteiger partial charge in [-0.1, -0.05) is 40.7 Å². The Labute approximate surface area is 129 Å². The summed E-state index contributed by atoms with van der Waals surface area (Å²) in [7, 11) is 0. The fourth-order valence-electron chi connectivity index (χ4n) is 1.88. The molecule has 6 heteroatoms. The van der Waals surface area contributed by atoms with Gasteiger partial charge >= 0.3 is 6.61 Å². The van der Waals surface area contributed by atoms with Gasteiger partial charge in [-0.2, -0.15) is 13.9 Å². The molecule has 0 spiro atoms. The molecule has 0 amide bonds. The molecule has 0 aliphatic rings. The van der Waals surface area contributed by atoms with Crippen molar-refractivity contribution in [3.8, 4) is 17.0 Å². The second kappa shape index (κ2) is 6.67. The van der Waals surface area contributed by atoms with Crippen LogP contribution in [0.25, 0.3) is 17.3 Å². The van der Waals surface area contributed by atoms with E-state index in [1.54, 1.807) is 24.3 Å². The van der Waals surface area contributed by atoms with Crippen molar-refractivity contribution in [3.63, 3.8) is 0 Å². The van der Waals surface area contributed by atoms with Gasteiger partial charge < -0.3 is 4.74 Å². The number of nitrogens with zero attached hydrogens (tertiary/aromatic N) is 1. The lowest BCUT2D eigenvalue weighted by Crippen LogP contribution is -2.03. The lowest BCUT2D eigenvalue weighted by atomic mass is 10.0. The summed E-state index contributed by atoms with van der Waals surface area (Å²) in [4.78, 5) is 0. The summed E-state index contributed by atoms with van der Waals surface area (Å²) >= 11 is 3.35. The number of hydrogen-bond donors (Lipinski definition) is 1. The third kappa shape index (κ3) is 3.58. The molecule has 0 unspecified atom stereocenters. The summed E-state index contributed by atoms with van der Waals surface area (Å²) in [5.41, 5.74) is 2.64. The highest BCUT2D eigenvalue weighted by Crippen LogP contribution is 2.34. The normalized spacial score (nSPS) is 11.8. The number of nitrogens with one attached hydrogen (secondary N) is 1. The Morgan fingerprint density at radius 2 is 2.14 bits per heavy atom. The van der Waals surface area contributed by atoms with Gasteiger partial charge in [0.05, 0.1) is 0 Å². The van der Waals surface area contributed by atoms with Gasteiger partial charge in [0, 0.05) is 21.3 Å². The summed E-state index contributed by atoms with van der Waals surface area (Å²) < 4.78 is 30.3. The van der Waals surface area contributed by atoms with Crippen LogP contribution in [0.3, 0.4) is 0 Å². The van der Waals surface area contributed by atoms with Crippen LogP contribution in [0.5, 0.6) is 5.75 Å². The molecule has 1 heterocycles. The van der Waals surface area contributed by atoms with E-state index in [0.29, 0.717) is 11.3 Å². The van der Waals surface area contributed by atoms with Gasteiger partial charge in [0.1, 0.15) is 11.4 Å². The van der Waals surface area contributed by atoms with E-state index in [1.807, 2.05) is 13.0 Å². The second-order valence-corrected chi connectivity index (χ2v) is 5.13. The second-order valence-electron chi connectivity index (χ2n) is 4.22. The van der Waals surface area contributed by atoms with Crippen molar-refractivity contribution in [3.05, 3.63) is 52.7 Å². The number of alkyl halides is 2. The number of aryl methyl sites for hydroxylation is 1. The van der Waals surface area contributed by atoms with Crippen molar-refractivity contribution in [2.75, 3.05) is 0 Å². The molecule has 0 saturated carbocycles. The minimum Gasteiger partial charge on any atom is -0.434 e. The van der Waals surface area contributed by atoms with Gasteiger partial charge in [0.2, 0.25) is 0 Å². The minimum absolute atomic E-state index is 0.0865. The number of ether oxygens (including phenoxy) is 1. The van der Waals surface area contributed by atoms with Gasteiger partial charge in [-0.25, -0.2) is 0 Å². The first-order valence-corrected chi connectivity index (χ1v) is 6.91. The number of allylic oxidation sites excluding steroid dienone is 2. The zero-order valence-electron chi connectivity index (χ0n) is 11.2. The van der Waals surface area contributed by atoms with Crippen molar-refractivity contribution in [2.45, 2.75) is 13.5 Å². The van der Waals surface area contributed by atoms with Crippen LogP contribution in [0.1, 0.15) is 11.3 Å². The molecule has 110 valence electrons. The van der Waals surface area contributed by atoms with Crippen molar-refractivity contribution in [1.29, 1.82) is 0 Å². The van der Waals surface area contributed by atoms with E-state index >= 15 is 0 Å². The van der Waals surface area contributed by atoms with Gasteiger partial charge in [-0.15, -0.1) is 0 Å². The third-order valence-electron chi connectivity index (χ3n) is 2.83. The van der Waals surface area contributed by atoms with Gasteiger partial charge in [0.15, 0.2) is 0 Å². The molecule has 0 aliphatic carbocycles. The quantitative estimate of drug-likeness (QED) is 0.774. The molecule has 0 fully saturated rings. The van der Waals surface area contributed by atoms with E-state index in [4.69, 9.17) is 0 Å². The van der Waals surface area contributed by atoms with Crippen molar-refractivity contribution >= 4 is 22.0 Å². The van der Waals surface area contributed by atoms with Crippen LogP contribution in [0, 0.1) is 6.92 Å². The average Bonchev–Trinajstić information content (AvgIpc) is 2.80. The van der Waals surface area contributed by atoms with Crippen molar-refractivity contribution in [1.82, 2.24) is 10.2 Å². The highest BCUT2D eigenvalue weighted by atomic mass is 79.9. The van der Waals surface area contributed by atoms with Crippen LogP contribution < -0.4 is 4.74 Å². The highest BCUT2D eigenvalue weighted by Gasteiger charge is 2.16. The number of H-pyrrole nitrogens is 1. The van der Waals surface area contributed by atoms with Crippen LogP contribution in [-0.4, -0.2) is 16.8 Å². The molecular formula is C15H13BrF2N2O. The maximum Gasteiger partial charge on any atom is 0.387 e. The molecule has 2 rings (SSSR count). The van der Waals surface area contributed by atoms with Crippen LogP contribution in [0.4, 0.5) is 8.78 Å². The first-order valence-electron chi connectivity index (χ1n) is 6.11. The number of halogens is 3. The first kappa shape index (κ1) is 15.4. The van der Waals surface area contributed by atoms with Crippen LogP contribution in [-0.2, 0) is 0 Å². The Morgan fingerprint density at radius 1 is 1.43 bits per heavy atom. The number of aromatic amines is 1. The summed E-state index contributed by atoms with van der Waals surface area (Å²) in [6.45, 7) is 2.63. The standard InChI is InChI=1S/C15H13BrF2N2O/c1-3-10(16)8-12-9(2)19-20-14(12)11-6-4-5-7-13(11)21-15(17)18/h3-8,15H,1H2,2H3,(H,19,20)/b10-8+. The van der Waals surface area contributed by atoms with Crippen molar-refractivity contribution in [2.24, 2.45) is 0 Å². The molecule has 21 heavy (non-hydrogen) atoms. The molecule has 0 atom stereocenters. The molecule has 3 nitrogen and oxygen atoms in total. The zero-order chi connectivity index (χ0) is 15.4. The molecular weight excluding hydrogens is 342 g/mol. The predicted octanol–water partition coefficient (Wildman–Crippen LogP) is 4.91. The number of benzene rings is 1. The summed E-state index contributed by atoms with van der Waals surface area (Å²) in [5, 5.41) is 7.04. The molecule has 1 N–H and O–H groups in total. The zero-order valence-corrected chi connectivity index (χ0v) is 12.8. The number of rotatable bonds is 5. The minimum atomic E-state index is -2.88. The van der Waals surface area contributed by atoms with E-state index in [9.17, 15) is 8.78 Å². The van der Waals surface area contributed by atoms with E-state index < -0.39 is 6.61 Å². The monoisotopic (exact) mass is 354 g/mol. The van der Waals surface area contributed by atoms with Crippen LogP contribution >= 0.6 is 15.9 Å². The van der Waals surface area contributed by atoms with E-state index in [1.165, 1.54) is 6.07 Å². The van der Waals surface area contributed by atoms with Crippen LogP contribution in [0.2, 0.25) is 0 Å². The van der Waals surface area contributed by atoms with Crippen LogP contribution in [0.15, 0.2) is 41.4 Å². The predicted molar refractivity (Wildman–Crippen MR) is 82.5 cm³/mol. The number of hydrogen-bond acceptors (Lipinski definition) is 2. The SMILES string of the molecule is C=C/C(Br)=C\c1c(-c2ccccc2OC(F)F)n[nH]c1C. The van der Waals surface area contributed by atoms with Gasteiger partial charge in [-0.3, -0.25) is 5.10 Å². The topological polar surface area (TPSA) is 37.9 Å². The fraction of sp³-hybridized carbons (Fsp3) is 0.133. The van der Waals surface area contributed by atoms with E-state index in [-0.39, 0.29) is 5.75 Å². The third-order valence-corrected chi connectivity index (χ3v) is 3.38. The Kier molecular flexibility index (Phi) is 4.90. The largest absolute Gasteiger partial charge is 0.434 e.